The van der Waals surface area contributed by atoms with E-state index < -0.39 is 35.4 Å². The smallest absolute Gasteiger partial charge is 0.385 e. The molecule has 0 aliphatic heterocycles. The van der Waals surface area contributed by atoms with E-state index in [1.165, 1.54) is 0 Å². The number of hydrogen-bond donors (Lipinski definition) is 1. The number of carbonyl (C=O) groups excluding carboxylic acids is 1. The van der Waals surface area contributed by atoms with Crippen molar-refractivity contribution in [1.82, 2.24) is 0 Å². The highest BCUT2D eigenvalue weighted by atomic mass is 19.4. The summed E-state index contributed by atoms with van der Waals surface area (Å²) in [7, 11) is 0. The van der Waals surface area contributed by atoms with Crippen LogP contribution in [0, 0.1) is 11.7 Å². The van der Waals surface area contributed by atoms with Crippen LogP contribution in [0.15, 0.2) is 18.2 Å². The van der Waals surface area contributed by atoms with Crippen molar-refractivity contribution < 1.29 is 27.5 Å². The van der Waals surface area contributed by atoms with Gasteiger partial charge in [-0.2, -0.15) is 13.2 Å². The molecule has 0 amide bonds. The highest BCUT2D eigenvalue weighted by Gasteiger charge is 2.35. The van der Waals surface area contributed by atoms with Crippen LogP contribution in [0.1, 0.15) is 29.8 Å². The van der Waals surface area contributed by atoms with Crippen molar-refractivity contribution in [3.05, 3.63) is 35.1 Å². The van der Waals surface area contributed by atoms with E-state index in [4.69, 9.17) is 0 Å². The second-order valence-electron chi connectivity index (χ2n) is 4.25. The Bertz CT molecular complexity index is 452. The van der Waals surface area contributed by atoms with Gasteiger partial charge in [0.1, 0.15) is 11.9 Å². The maximum atomic E-state index is 13.0. The molecule has 18 heavy (non-hydrogen) atoms. The molecule has 0 aliphatic rings. The van der Waals surface area contributed by atoms with Crippen molar-refractivity contribution in [2.24, 2.45) is 5.92 Å². The van der Waals surface area contributed by atoms with Crippen LogP contribution < -0.4 is 0 Å². The van der Waals surface area contributed by atoms with Crippen LogP contribution in [0.2, 0.25) is 0 Å². The minimum atomic E-state index is -4.87. The van der Waals surface area contributed by atoms with Gasteiger partial charge in [-0.25, -0.2) is 4.39 Å². The molecule has 100 valence electrons. The summed E-state index contributed by atoms with van der Waals surface area (Å²) >= 11 is 0. The predicted octanol–water partition coefficient (Wildman–Crippen LogP) is 3.04. The Morgan fingerprint density at radius 3 is 2.28 bits per heavy atom. The van der Waals surface area contributed by atoms with Crippen LogP contribution in [-0.2, 0) is 6.18 Å². The first-order valence-corrected chi connectivity index (χ1v) is 5.23. The van der Waals surface area contributed by atoms with Crippen LogP contribution in [0.4, 0.5) is 17.6 Å². The molecule has 1 rings (SSSR count). The number of rotatable bonds is 3. The largest absolute Gasteiger partial charge is 0.419 e. The fraction of sp³-hybridized carbons (Fsp3) is 0.417. The van der Waals surface area contributed by atoms with Crippen molar-refractivity contribution in [1.29, 1.82) is 0 Å². The van der Waals surface area contributed by atoms with E-state index in [0.717, 1.165) is 6.07 Å². The third-order valence-electron chi connectivity index (χ3n) is 2.46. The van der Waals surface area contributed by atoms with Gasteiger partial charge >= 0.3 is 6.18 Å². The molecule has 2 nitrogen and oxygen atoms in total. The molecule has 0 spiro atoms. The van der Waals surface area contributed by atoms with E-state index in [9.17, 15) is 27.5 Å². The Balaban J connectivity index is 3.17. The van der Waals surface area contributed by atoms with Crippen molar-refractivity contribution >= 4 is 5.78 Å². The van der Waals surface area contributed by atoms with Gasteiger partial charge in [-0.3, -0.25) is 4.79 Å². The summed E-state index contributed by atoms with van der Waals surface area (Å²) in [5.74, 6) is -2.73. The van der Waals surface area contributed by atoms with Crippen molar-refractivity contribution in [2.45, 2.75) is 26.1 Å². The molecule has 0 aromatic heterocycles. The zero-order valence-electron chi connectivity index (χ0n) is 9.75. The Morgan fingerprint density at radius 1 is 1.28 bits per heavy atom. The molecule has 6 heteroatoms. The molecule has 0 heterocycles. The number of hydrogen-bond acceptors (Lipinski definition) is 2. The van der Waals surface area contributed by atoms with Gasteiger partial charge < -0.3 is 5.11 Å². The number of benzene rings is 1. The first-order valence-electron chi connectivity index (χ1n) is 5.23. The van der Waals surface area contributed by atoms with Gasteiger partial charge in [0.25, 0.3) is 0 Å². The van der Waals surface area contributed by atoms with Gasteiger partial charge in [0.15, 0.2) is 5.78 Å². The number of aliphatic hydroxyl groups excluding tert-OH is 1. The monoisotopic (exact) mass is 264 g/mol. The van der Waals surface area contributed by atoms with Crippen LogP contribution >= 0.6 is 0 Å². The fourth-order valence-corrected chi connectivity index (χ4v) is 1.37. The highest BCUT2D eigenvalue weighted by molar-refractivity contribution is 5.99. The third-order valence-corrected chi connectivity index (χ3v) is 2.46. The van der Waals surface area contributed by atoms with Gasteiger partial charge in [0, 0.05) is 5.56 Å². The van der Waals surface area contributed by atoms with Crippen molar-refractivity contribution in [3.63, 3.8) is 0 Å². The van der Waals surface area contributed by atoms with E-state index in [0.29, 0.717) is 12.1 Å². The molecule has 0 radical (unpaired) electrons. The van der Waals surface area contributed by atoms with Gasteiger partial charge in [-0.15, -0.1) is 0 Å². The Kier molecular flexibility index (Phi) is 4.11. The third kappa shape index (κ3) is 3.07. The summed E-state index contributed by atoms with van der Waals surface area (Å²) in [6.45, 7) is 3.10. The Labute approximate surface area is 101 Å². The number of Topliss-reactive ketones (excluding diaryl/α,β-unsaturated/α-hetero) is 1. The van der Waals surface area contributed by atoms with E-state index in [1.807, 2.05) is 0 Å². The first kappa shape index (κ1) is 14.6. The Morgan fingerprint density at radius 2 is 1.83 bits per heavy atom. The van der Waals surface area contributed by atoms with Gasteiger partial charge in [-0.1, -0.05) is 13.8 Å². The molecule has 1 aromatic rings. The summed E-state index contributed by atoms with van der Waals surface area (Å²) in [5.41, 5.74) is -1.87. The van der Waals surface area contributed by atoms with Crippen molar-refractivity contribution in [2.75, 3.05) is 0 Å². The lowest BCUT2D eigenvalue weighted by Gasteiger charge is -2.14. The molecular weight excluding hydrogens is 252 g/mol. The maximum absolute atomic E-state index is 13.0. The molecule has 0 aliphatic carbocycles. The second-order valence-corrected chi connectivity index (χ2v) is 4.25. The summed E-state index contributed by atoms with van der Waals surface area (Å²) < 4.78 is 50.3. The quantitative estimate of drug-likeness (QED) is 0.673. The molecular formula is C12H12F4O2. The molecule has 0 saturated carbocycles. The lowest BCUT2D eigenvalue weighted by atomic mass is 9.96. The van der Waals surface area contributed by atoms with E-state index in [-0.39, 0.29) is 5.56 Å². The molecule has 0 bridgehead atoms. The summed E-state index contributed by atoms with van der Waals surface area (Å²) in [6, 6.07) is 1.92. The van der Waals surface area contributed by atoms with E-state index >= 15 is 0 Å². The SMILES string of the molecule is CC(C)C(O)C(=O)c1ccc(F)c(C(F)(F)F)c1. The number of ketones is 1. The standard InChI is InChI=1S/C12H12F4O2/c1-6(2)10(17)11(18)7-3-4-9(13)8(5-7)12(14,15)16/h3-6,10,17H,1-2H3. The molecule has 1 unspecified atom stereocenters. The Hall–Kier alpha value is -1.43. The van der Waals surface area contributed by atoms with Gasteiger partial charge in [0.05, 0.1) is 5.56 Å². The van der Waals surface area contributed by atoms with Crippen LogP contribution in [0.5, 0.6) is 0 Å². The summed E-state index contributed by atoms with van der Waals surface area (Å²) in [6.07, 6.45) is -6.28. The first-order chi connectivity index (χ1) is 8.14. The molecule has 0 saturated heterocycles. The molecule has 1 aromatic carbocycles. The average Bonchev–Trinajstić information content (AvgIpc) is 2.26. The van der Waals surface area contributed by atoms with Crippen LogP contribution in [-0.4, -0.2) is 17.0 Å². The zero-order chi connectivity index (χ0) is 14.1. The topological polar surface area (TPSA) is 37.3 Å². The molecule has 0 fully saturated rings. The van der Waals surface area contributed by atoms with Crippen molar-refractivity contribution in [3.8, 4) is 0 Å². The fourth-order valence-electron chi connectivity index (χ4n) is 1.37. The molecule has 1 N–H and O–H groups in total. The minimum Gasteiger partial charge on any atom is -0.385 e. The van der Waals surface area contributed by atoms with Gasteiger partial charge in [0.2, 0.25) is 0 Å². The normalized spacial score (nSPS) is 13.8. The lowest BCUT2D eigenvalue weighted by Crippen LogP contribution is -2.26. The van der Waals surface area contributed by atoms with Crippen LogP contribution in [0.25, 0.3) is 0 Å². The number of carbonyl (C=O) groups is 1. The number of alkyl halides is 3. The number of aliphatic hydroxyl groups is 1. The minimum absolute atomic E-state index is 0.357. The van der Waals surface area contributed by atoms with Gasteiger partial charge in [-0.05, 0) is 24.1 Å². The summed E-state index contributed by atoms with van der Waals surface area (Å²) in [4.78, 5) is 11.6. The second kappa shape index (κ2) is 5.06. The van der Waals surface area contributed by atoms with Crippen LogP contribution in [0.3, 0.4) is 0 Å². The highest BCUT2D eigenvalue weighted by Crippen LogP contribution is 2.32. The average molecular weight is 264 g/mol. The predicted molar refractivity (Wildman–Crippen MR) is 56.6 cm³/mol. The van der Waals surface area contributed by atoms with E-state index in [1.54, 1.807) is 13.8 Å². The molecule has 1 atom stereocenters. The van der Waals surface area contributed by atoms with E-state index in [2.05, 4.69) is 0 Å². The summed E-state index contributed by atoms with van der Waals surface area (Å²) in [5, 5.41) is 9.49. The lowest BCUT2D eigenvalue weighted by molar-refractivity contribution is -0.140. The zero-order valence-corrected chi connectivity index (χ0v) is 9.75. The number of halogens is 4. The maximum Gasteiger partial charge on any atom is 0.419 e.